The van der Waals surface area contributed by atoms with Crippen LogP contribution in [0.3, 0.4) is 0 Å². The highest BCUT2D eigenvalue weighted by Gasteiger charge is 2.52. The van der Waals surface area contributed by atoms with Gasteiger partial charge < -0.3 is 19.8 Å². The Morgan fingerprint density at radius 1 is 1.39 bits per heavy atom. The second-order valence-corrected chi connectivity index (χ2v) is 5.39. The molecule has 1 amide bonds. The smallest absolute Gasteiger partial charge is 0.517 e. The Hall–Kier alpha value is -1.18. The molecule has 0 aromatic rings. The number of methoxy groups -OCH3 is 1. The average molecular weight is 261 g/mol. The SMILES string of the molecule is COC(=O)[C@@H]1C[C@@H](O)C[N+]1([O-])C(=O)OC(C)(C)C. The Kier molecular flexibility index (Phi) is 3.99. The quantitative estimate of drug-likeness (QED) is 0.420. The molecule has 1 fully saturated rings. The van der Waals surface area contributed by atoms with Crippen molar-refractivity contribution in [2.75, 3.05) is 13.7 Å². The number of amides is 1. The number of hydrogen-bond donors (Lipinski definition) is 1. The van der Waals surface area contributed by atoms with E-state index in [0.29, 0.717) is 0 Å². The summed E-state index contributed by atoms with van der Waals surface area (Å²) in [6.45, 7) is 4.47. The molecule has 1 aliphatic rings. The number of rotatable bonds is 1. The number of likely N-dealkylation sites (tertiary alicyclic amines) is 1. The standard InChI is InChI=1S/C11H19NO6/c1-11(2,3)18-10(15)12(16)6-7(13)5-8(12)9(14)17-4/h7-8,13H,5-6H2,1-4H3/t7-,8+,12?/m1/s1. The summed E-state index contributed by atoms with van der Waals surface area (Å²) >= 11 is 0. The van der Waals surface area contributed by atoms with Crippen LogP contribution in [-0.4, -0.2) is 53.2 Å². The summed E-state index contributed by atoms with van der Waals surface area (Å²) in [5.74, 6) is -0.813. The van der Waals surface area contributed by atoms with Gasteiger partial charge in [-0.25, -0.2) is 9.44 Å². The number of carbonyl (C=O) groups is 2. The van der Waals surface area contributed by atoms with Gasteiger partial charge in [-0.05, 0) is 20.8 Å². The molecule has 0 saturated carbocycles. The lowest BCUT2D eigenvalue weighted by Gasteiger charge is -2.39. The van der Waals surface area contributed by atoms with Gasteiger partial charge in [0.15, 0.2) is 6.04 Å². The Morgan fingerprint density at radius 3 is 2.39 bits per heavy atom. The van der Waals surface area contributed by atoms with Gasteiger partial charge in [-0.2, -0.15) is 4.79 Å². The van der Waals surface area contributed by atoms with E-state index in [2.05, 4.69) is 4.74 Å². The summed E-state index contributed by atoms with van der Waals surface area (Å²) in [5.41, 5.74) is -0.832. The molecule has 104 valence electrons. The molecule has 0 bridgehead atoms. The highest BCUT2D eigenvalue weighted by atomic mass is 16.7. The van der Waals surface area contributed by atoms with Crippen molar-refractivity contribution < 1.29 is 28.8 Å². The summed E-state index contributed by atoms with van der Waals surface area (Å²) in [5, 5.41) is 21.9. The average Bonchev–Trinajstić information content (AvgIpc) is 2.52. The van der Waals surface area contributed by atoms with Gasteiger partial charge in [-0.1, -0.05) is 0 Å². The number of aliphatic hydroxyl groups is 1. The topological polar surface area (TPSA) is 95.9 Å². The first-order valence-electron chi connectivity index (χ1n) is 5.68. The van der Waals surface area contributed by atoms with Crippen molar-refractivity contribution in [3.8, 4) is 0 Å². The van der Waals surface area contributed by atoms with E-state index in [4.69, 9.17) is 4.74 Å². The van der Waals surface area contributed by atoms with Gasteiger partial charge in [-0.15, -0.1) is 0 Å². The fraction of sp³-hybridized carbons (Fsp3) is 0.818. The molecule has 7 heteroatoms. The first-order valence-corrected chi connectivity index (χ1v) is 5.68. The minimum absolute atomic E-state index is 0.102. The molecule has 1 unspecified atom stereocenters. The molecule has 1 N–H and O–H groups in total. The summed E-state index contributed by atoms with van der Waals surface area (Å²) in [6, 6.07) is -1.26. The van der Waals surface area contributed by atoms with Gasteiger partial charge >= 0.3 is 12.1 Å². The highest BCUT2D eigenvalue weighted by Crippen LogP contribution is 2.29. The Morgan fingerprint density at radius 2 is 1.94 bits per heavy atom. The molecule has 0 radical (unpaired) electrons. The maximum absolute atomic E-state index is 12.4. The minimum Gasteiger partial charge on any atom is -0.622 e. The predicted octanol–water partition coefficient (Wildman–Crippen LogP) is 0.542. The van der Waals surface area contributed by atoms with Crippen LogP contribution >= 0.6 is 0 Å². The van der Waals surface area contributed by atoms with E-state index in [1.54, 1.807) is 20.8 Å². The summed E-state index contributed by atoms with van der Waals surface area (Å²) in [6.07, 6.45) is -2.19. The maximum atomic E-state index is 12.4. The van der Waals surface area contributed by atoms with E-state index in [-0.39, 0.29) is 6.42 Å². The molecule has 1 rings (SSSR count). The first-order chi connectivity index (χ1) is 8.10. The van der Waals surface area contributed by atoms with Crippen LogP contribution in [0.15, 0.2) is 0 Å². The van der Waals surface area contributed by atoms with Crippen LogP contribution in [0.2, 0.25) is 0 Å². The second-order valence-electron chi connectivity index (χ2n) is 5.39. The van der Waals surface area contributed by atoms with Crippen molar-refractivity contribution in [2.24, 2.45) is 0 Å². The van der Waals surface area contributed by atoms with Crippen LogP contribution in [0.4, 0.5) is 4.79 Å². The van der Waals surface area contributed by atoms with Gasteiger partial charge in [0.2, 0.25) is 0 Å². The van der Waals surface area contributed by atoms with Crippen LogP contribution in [0.1, 0.15) is 27.2 Å². The van der Waals surface area contributed by atoms with Crippen molar-refractivity contribution in [3.05, 3.63) is 5.21 Å². The van der Waals surface area contributed by atoms with Crippen LogP contribution in [0.25, 0.3) is 0 Å². The molecule has 18 heavy (non-hydrogen) atoms. The van der Waals surface area contributed by atoms with Crippen LogP contribution < -0.4 is 0 Å². The van der Waals surface area contributed by atoms with Crippen LogP contribution in [0, 0.1) is 5.21 Å². The van der Waals surface area contributed by atoms with Crippen LogP contribution in [0.5, 0.6) is 0 Å². The number of aliphatic hydroxyl groups excluding tert-OH is 1. The van der Waals surface area contributed by atoms with E-state index in [0.717, 1.165) is 7.11 Å². The Balaban J connectivity index is 2.94. The van der Waals surface area contributed by atoms with Gasteiger partial charge in [0.05, 0.1) is 7.11 Å². The van der Waals surface area contributed by atoms with E-state index < -0.39 is 41.0 Å². The number of hydroxylamine groups is 3. The second kappa shape index (κ2) is 4.83. The molecule has 0 aromatic heterocycles. The first kappa shape index (κ1) is 14.9. The zero-order valence-electron chi connectivity index (χ0n) is 11.0. The molecule has 1 aliphatic heterocycles. The highest BCUT2D eigenvalue weighted by molar-refractivity contribution is 5.77. The normalized spacial score (nSPS) is 32.1. The third kappa shape index (κ3) is 2.98. The molecule has 0 spiro atoms. The fourth-order valence-electron chi connectivity index (χ4n) is 1.89. The van der Waals surface area contributed by atoms with E-state index in [1.165, 1.54) is 0 Å². The fourth-order valence-corrected chi connectivity index (χ4v) is 1.89. The molecule has 0 aliphatic carbocycles. The molecule has 0 aromatic carbocycles. The van der Waals surface area contributed by atoms with E-state index >= 15 is 0 Å². The molecule has 1 heterocycles. The third-order valence-electron chi connectivity index (χ3n) is 2.66. The molecule has 1 saturated heterocycles. The van der Waals surface area contributed by atoms with Crippen molar-refractivity contribution in [1.82, 2.24) is 0 Å². The van der Waals surface area contributed by atoms with Crippen LogP contribution in [-0.2, 0) is 14.3 Å². The number of carbonyl (C=O) groups excluding carboxylic acids is 2. The third-order valence-corrected chi connectivity index (χ3v) is 2.66. The monoisotopic (exact) mass is 261 g/mol. The molecule has 3 atom stereocenters. The lowest BCUT2D eigenvalue weighted by Crippen LogP contribution is -2.56. The van der Waals surface area contributed by atoms with Crippen molar-refractivity contribution >= 4 is 12.1 Å². The molecular formula is C11H19NO6. The summed E-state index contributed by atoms with van der Waals surface area (Å²) in [7, 11) is 1.13. The zero-order chi connectivity index (χ0) is 14.1. The van der Waals surface area contributed by atoms with E-state index in [9.17, 15) is 19.9 Å². The molecule has 7 nitrogen and oxygen atoms in total. The van der Waals surface area contributed by atoms with Gasteiger partial charge in [0.1, 0.15) is 18.2 Å². The number of ether oxygens (including phenoxy) is 2. The van der Waals surface area contributed by atoms with Crippen molar-refractivity contribution in [2.45, 2.75) is 44.9 Å². The zero-order valence-corrected chi connectivity index (χ0v) is 11.0. The van der Waals surface area contributed by atoms with Crippen molar-refractivity contribution in [1.29, 1.82) is 0 Å². The number of hydrogen-bond acceptors (Lipinski definition) is 6. The maximum Gasteiger partial charge on any atom is 0.517 e. The van der Waals surface area contributed by atoms with E-state index in [1.807, 2.05) is 0 Å². The Labute approximate surface area is 105 Å². The number of esters is 1. The summed E-state index contributed by atoms with van der Waals surface area (Å²) < 4.78 is 7.96. The Bertz CT molecular complexity index is 350. The predicted molar refractivity (Wildman–Crippen MR) is 61.2 cm³/mol. The minimum atomic E-state index is -1.52. The van der Waals surface area contributed by atoms with Gasteiger partial charge in [0.25, 0.3) is 0 Å². The number of quaternary nitrogens is 1. The van der Waals surface area contributed by atoms with Crippen molar-refractivity contribution in [3.63, 3.8) is 0 Å². The number of nitrogens with zero attached hydrogens (tertiary/aromatic N) is 1. The lowest BCUT2D eigenvalue weighted by atomic mass is 10.2. The molecular weight excluding hydrogens is 242 g/mol. The lowest BCUT2D eigenvalue weighted by molar-refractivity contribution is -0.813. The largest absolute Gasteiger partial charge is 0.622 e. The van der Waals surface area contributed by atoms with Gasteiger partial charge in [-0.3, -0.25) is 0 Å². The van der Waals surface area contributed by atoms with Gasteiger partial charge in [0, 0.05) is 6.42 Å². The summed E-state index contributed by atoms with van der Waals surface area (Å²) in [4.78, 5) is 23.4.